The second kappa shape index (κ2) is 5.61. The lowest BCUT2D eigenvalue weighted by molar-refractivity contribution is 0.0525. The van der Waals surface area contributed by atoms with Crippen molar-refractivity contribution < 1.29 is 9.53 Å². The summed E-state index contributed by atoms with van der Waals surface area (Å²) in [6.07, 6.45) is 7.92. The molecule has 0 radical (unpaired) electrons. The Morgan fingerprint density at radius 3 is 2.85 bits per heavy atom. The monoisotopic (exact) mass is 273 g/mol. The van der Waals surface area contributed by atoms with Crippen molar-refractivity contribution in [1.82, 2.24) is 14.6 Å². The SMILES string of the molecule is CCOC(=O)c1ccc2nnc(C3CCCCC3)n2c1. The van der Waals surface area contributed by atoms with Gasteiger partial charge in [-0.3, -0.25) is 4.40 Å². The molecule has 3 rings (SSSR count). The Hall–Kier alpha value is -1.91. The van der Waals surface area contributed by atoms with Crippen molar-refractivity contribution in [3.8, 4) is 0 Å². The summed E-state index contributed by atoms with van der Waals surface area (Å²) in [5, 5.41) is 8.53. The van der Waals surface area contributed by atoms with E-state index >= 15 is 0 Å². The van der Waals surface area contributed by atoms with E-state index in [2.05, 4.69) is 10.2 Å². The van der Waals surface area contributed by atoms with Crippen LogP contribution < -0.4 is 0 Å². The molecule has 20 heavy (non-hydrogen) atoms. The van der Waals surface area contributed by atoms with E-state index in [1.165, 1.54) is 19.3 Å². The summed E-state index contributed by atoms with van der Waals surface area (Å²) in [6.45, 7) is 2.19. The van der Waals surface area contributed by atoms with E-state index in [1.807, 2.05) is 17.4 Å². The Morgan fingerprint density at radius 2 is 2.10 bits per heavy atom. The molecule has 2 heterocycles. The van der Waals surface area contributed by atoms with Gasteiger partial charge in [0.15, 0.2) is 5.65 Å². The summed E-state index contributed by atoms with van der Waals surface area (Å²) in [7, 11) is 0. The second-order valence-electron chi connectivity index (χ2n) is 5.26. The quantitative estimate of drug-likeness (QED) is 0.807. The van der Waals surface area contributed by atoms with Crippen molar-refractivity contribution in [3.63, 3.8) is 0 Å². The van der Waals surface area contributed by atoms with Crippen LogP contribution in [0.25, 0.3) is 5.65 Å². The van der Waals surface area contributed by atoms with E-state index in [4.69, 9.17) is 4.74 Å². The predicted molar refractivity (Wildman–Crippen MR) is 74.8 cm³/mol. The molecule has 5 nitrogen and oxygen atoms in total. The summed E-state index contributed by atoms with van der Waals surface area (Å²) in [5.74, 6) is 1.14. The molecule has 0 N–H and O–H groups in total. The van der Waals surface area contributed by atoms with Crippen molar-refractivity contribution in [2.75, 3.05) is 6.61 Å². The van der Waals surface area contributed by atoms with Crippen molar-refractivity contribution in [1.29, 1.82) is 0 Å². The van der Waals surface area contributed by atoms with Gasteiger partial charge < -0.3 is 4.74 Å². The molecular weight excluding hydrogens is 254 g/mol. The predicted octanol–water partition coefficient (Wildman–Crippen LogP) is 2.95. The van der Waals surface area contributed by atoms with Gasteiger partial charge in [0.05, 0.1) is 12.2 Å². The maximum Gasteiger partial charge on any atom is 0.339 e. The first-order chi connectivity index (χ1) is 9.79. The largest absolute Gasteiger partial charge is 0.462 e. The summed E-state index contributed by atoms with van der Waals surface area (Å²) in [6, 6.07) is 3.57. The number of esters is 1. The zero-order valence-electron chi connectivity index (χ0n) is 11.7. The van der Waals surface area contributed by atoms with E-state index < -0.39 is 0 Å². The molecule has 0 atom stereocenters. The van der Waals surface area contributed by atoms with Crippen LogP contribution in [0.3, 0.4) is 0 Å². The van der Waals surface area contributed by atoms with Crippen LogP contribution in [0.1, 0.15) is 61.1 Å². The van der Waals surface area contributed by atoms with Crippen LogP contribution in [0.2, 0.25) is 0 Å². The van der Waals surface area contributed by atoms with Gasteiger partial charge in [-0.15, -0.1) is 10.2 Å². The van der Waals surface area contributed by atoms with Crippen LogP contribution in [0.5, 0.6) is 0 Å². The molecule has 106 valence electrons. The molecule has 0 unspecified atom stereocenters. The van der Waals surface area contributed by atoms with Crippen LogP contribution in [0, 0.1) is 0 Å². The molecule has 1 saturated carbocycles. The lowest BCUT2D eigenvalue weighted by Crippen LogP contribution is -2.10. The van der Waals surface area contributed by atoms with Crippen LogP contribution >= 0.6 is 0 Å². The molecule has 0 aliphatic heterocycles. The number of hydrogen-bond acceptors (Lipinski definition) is 4. The van der Waals surface area contributed by atoms with Crippen molar-refractivity contribution in [2.45, 2.75) is 44.9 Å². The Morgan fingerprint density at radius 1 is 1.30 bits per heavy atom. The van der Waals surface area contributed by atoms with Crippen LogP contribution in [0.15, 0.2) is 18.3 Å². The van der Waals surface area contributed by atoms with E-state index in [0.29, 0.717) is 18.1 Å². The normalized spacial score (nSPS) is 16.4. The van der Waals surface area contributed by atoms with Crippen LogP contribution in [-0.4, -0.2) is 27.2 Å². The third kappa shape index (κ3) is 2.40. The summed E-state index contributed by atoms with van der Waals surface area (Å²) < 4.78 is 6.99. The number of carbonyl (C=O) groups is 1. The molecule has 1 aliphatic rings. The number of hydrogen-bond donors (Lipinski definition) is 0. The first-order valence-corrected chi connectivity index (χ1v) is 7.31. The Bertz CT molecular complexity index is 615. The summed E-state index contributed by atoms with van der Waals surface area (Å²) in [4.78, 5) is 11.8. The highest BCUT2D eigenvalue weighted by Crippen LogP contribution is 2.31. The van der Waals surface area contributed by atoms with Gasteiger partial charge >= 0.3 is 5.97 Å². The third-order valence-electron chi connectivity index (χ3n) is 3.91. The minimum Gasteiger partial charge on any atom is -0.462 e. The fraction of sp³-hybridized carbons (Fsp3) is 0.533. The fourth-order valence-corrected chi connectivity index (χ4v) is 2.88. The van der Waals surface area contributed by atoms with Gasteiger partial charge in [0, 0.05) is 12.1 Å². The molecule has 5 heteroatoms. The van der Waals surface area contributed by atoms with Gasteiger partial charge in [0.25, 0.3) is 0 Å². The highest BCUT2D eigenvalue weighted by molar-refractivity contribution is 5.89. The van der Waals surface area contributed by atoms with Gasteiger partial charge in [-0.1, -0.05) is 19.3 Å². The minimum atomic E-state index is -0.294. The fourth-order valence-electron chi connectivity index (χ4n) is 2.88. The average molecular weight is 273 g/mol. The van der Waals surface area contributed by atoms with Crippen molar-refractivity contribution in [3.05, 3.63) is 29.7 Å². The number of nitrogens with zero attached hydrogens (tertiary/aromatic N) is 3. The first kappa shape index (κ1) is 13.1. The number of ether oxygens (including phenoxy) is 1. The topological polar surface area (TPSA) is 56.5 Å². The van der Waals surface area contributed by atoms with Gasteiger partial charge in [-0.05, 0) is 31.9 Å². The van der Waals surface area contributed by atoms with E-state index in [1.54, 1.807) is 12.3 Å². The van der Waals surface area contributed by atoms with Crippen molar-refractivity contribution >= 4 is 11.6 Å². The van der Waals surface area contributed by atoms with Crippen LogP contribution in [-0.2, 0) is 4.74 Å². The second-order valence-corrected chi connectivity index (χ2v) is 5.26. The summed E-state index contributed by atoms with van der Waals surface area (Å²) in [5.41, 5.74) is 1.34. The molecule has 0 aromatic carbocycles. The lowest BCUT2D eigenvalue weighted by atomic mass is 9.89. The summed E-state index contributed by atoms with van der Waals surface area (Å²) >= 11 is 0. The number of pyridine rings is 1. The molecule has 0 amide bonds. The number of rotatable bonds is 3. The maximum atomic E-state index is 11.8. The average Bonchev–Trinajstić information content (AvgIpc) is 2.91. The molecule has 1 aliphatic carbocycles. The molecular formula is C15H19N3O2. The molecule has 2 aromatic heterocycles. The highest BCUT2D eigenvalue weighted by Gasteiger charge is 2.21. The Labute approximate surface area is 118 Å². The third-order valence-corrected chi connectivity index (χ3v) is 3.91. The molecule has 0 bridgehead atoms. The van der Waals surface area contributed by atoms with E-state index in [9.17, 15) is 4.79 Å². The standard InChI is InChI=1S/C15H19N3O2/c1-2-20-15(19)12-8-9-13-16-17-14(18(13)10-12)11-6-4-3-5-7-11/h8-11H,2-7H2,1H3. The van der Waals surface area contributed by atoms with Gasteiger partial charge in [-0.25, -0.2) is 4.79 Å². The molecule has 2 aromatic rings. The van der Waals surface area contributed by atoms with Gasteiger partial charge in [-0.2, -0.15) is 0 Å². The smallest absolute Gasteiger partial charge is 0.339 e. The first-order valence-electron chi connectivity index (χ1n) is 7.31. The lowest BCUT2D eigenvalue weighted by Gasteiger charge is -2.19. The van der Waals surface area contributed by atoms with E-state index in [-0.39, 0.29) is 5.97 Å². The molecule has 0 spiro atoms. The zero-order valence-corrected chi connectivity index (χ0v) is 11.7. The molecule has 1 fully saturated rings. The van der Waals surface area contributed by atoms with Gasteiger partial charge in [0.1, 0.15) is 5.82 Å². The Kier molecular flexibility index (Phi) is 3.67. The van der Waals surface area contributed by atoms with Crippen molar-refractivity contribution in [2.24, 2.45) is 0 Å². The minimum absolute atomic E-state index is 0.294. The van der Waals surface area contributed by atoms with Gasteiger partial charge in [0.2, 0.25) is 0 Å². The zero-order chi connectivity index (χ0) is 13.9. The number of fused-ring (bicyclic) bond motifs is 1. The Balaban J connectivity index is 1.96. The highest BCUT2D eigenvalue weighted by atomic mass is 16.5. The maximum absolute atomic E-state index is 11.8. The van der Waals surface area contributed by atoms with E-state index in [0.717, 1.165) is 24.3 Å². The number of aromatic nitrogens is 3. The van der Waals surface area contributed by atoms with Crippen LogP contribution in [0.4, 0.5) is 0 Å². The molecule has 0 saturated heterocycles. The number of carbonyl (C=O) groups excluding carboxylic acids is 1.